The third kappa shape index (κ3) is 5.17. The maximum atomic E-state index is 13.0. The number of carbonyl (C=O) groups excluding carboxylic acids is 1. The molecule has 0 aromatic heterocycles. The molecule has 0 saturated carbocycles. The Bertz CT molecular complexity index is 1330. The maximum absolute atomic E-state index is 13.0. The molecule has 0 amide bonds. The number of carbonyl (C=O) groups is 2. The van der Waals surface area contributed by atoms with E-state index in [1.54, 1.807) is 38.3 Å². The van der Waals surface area contributed by atoms with Crippen LogP contribution in [-0.4, -0.2) is 35.9 Å². The average molecular weight is 491 g/mol. The van der Waals surface area contributed by atoms with E-state index in [1.165, 1.54) is 11.8 Å². The number of benzene rings is 3. The standard InChI is InChI=1S/C27H26N2O5S/c1-4-34-26(32)22-16(2)28-27(35-15-17-9-11-19(12-10-17)25(30)31)29-24(22)23-20-8-6-5-7-18(20)13-14-21(23)33-3/h5-14,24H,4,15H2,1-3H3,(H,28,29)(H,30,31)/t24-/m1/s1. The topological polar surface area (TPSA) is 97.2 Å². The molecule has 0 saturated heterocycles. The van der Waals surface area contributed by atoms with Crippen LogP contribution < -0.4 is 10.1 Å². The predicted octanol–water partition coefficient (Wildman–Crippen LogP) is 5.32. The lowest BCUT2D eigenvalue weighted by molar-refractivity contribution is -0.138. The summed E-state index contributed by atoms with van der Waals surface area (Å²) < 4.78 is 11.1. The Hall–Kier alpha value is -3.78. The smallest absolute Gasteiger partial charge is 0.338 e. The lowest BCUT2D eigenvalue weighted by atomic mass is 9.91. The molecule has 0 radical (unpaired) electrons. The van der Waals surface area contributed by atoms with E-state index < -0.39 is 18.0 Å². The number of hydrogen-bond donors (Lipinski definition) is 2. The molecule has 3 aromatic carbocycles. The molecule has 1 aliphatic rings. The fourth-order valence-corrected chi connectivity index (χ4v) is 4.93. The number of thioether (sulfide) groups is 1. The molecule has 180 valence electrons. The fraction of sp³-hybridized carbons (Fsp3) is 0.222. The zero-order valence-corrected chi connectivity index (χ0v) is 20.5. The van der Waals surface area contributed by atoms with Crippen molar-refractivity contribution in [2.45, 2.75) is 25.6 Å². The number of aromatic carboxylic acids is 1. The van der Waals surface area contributed by atoms with Gasteiger partial charge in [-0.1, -0.05) is 54.2 Å². The Morgan fingerprint density at radius 1 is 1.09 bits per heavy atom. The Kier molecular flexibility index (Phi) is 7.41. The summed E-state index contributed by atoms with van der Waals surface area (Å²) in [5.41, 5.74) is 3.12. The van der Waals surface area contributed by atoms with E-state index in [-0.39, 0.29) is 12.2 Å². The van der Waals surface area contributed by atoms with Crippen molar-refractivity contribution in [3.05, 3.63) is 88.6 Å². The first-order valence-corrected chi connectivity index (χ1v) is 12.1. The van der Waals surface area contributed by atoms with Crippen LogP contribution in [0.15, 0.2) is 76.9 Å². The van der Waals surface area contributed by atoms with E-state index in [2.05, 4.69) is 5.32 Å². The molecule has 0 spiro atoms. The summed E-state index contributed by atoms with van der Waals surface area (Å²) in [4.78, 5) is 29.1. The number of esters is 1. The van der Waals surface area contributed by atoms with Gasteiger partial charge in [-0.25, -0.2) is 14.6 Å². The van der Waals surface area contributed by atoms with Crippen molar-refractivity contribution in [3.63, 3.8) is 0 Å². The Morgan fingerprint density at radius 2 is 1.83 bits per heavy atom. The zero-order chi connectivity index (χ0) is 24.9. The van der Waals surface area contributed by atoms with Gasteiger partial charge in [-0.05, 0) is 48.4 Å². The second kappa shape index (κ2) is 10.7. The summed E-state index contributed by atoms with van der Waals surface area (Å²) in [6.07, 6.45) is 0. The lowest BCUT2D eigenvalue weighted by Gasteiger charge is -2.27. The Morgan fingerprint density at radius 3 is 2.51 bits per heavy atom. The predicted molar refractivity (Wildman–Crippen MR) is 138 cm³/mol. The number of hydrogen-bond acceptors (Lipinski definition) is 7. The van der Waals surface area contributed by atoms with Crippen LogP contribution in [0, 0.1) is 0 Å². The van der Waals surface area contributed by atoms with Crippen LogP contribution in [0.2, 0.25) is 0 Å². The number of carboxylic acids is 1. The van der Waals surface area contributed by atoms with Gasteiger partial charge < -0.3 is 19.9 Å². The quantitative estimate of drug-likeness (QED) is 0.433. The van der Waals surface area contributed by atoms with Crippen molar-refractivity contribution in [1.82, 2.24) is 5.32 Å². The number of nitrogens with zero attached hydrogens (tertiary/aromatic N) is 1. The lowest BCUT2D eigenvalue weighted by Crippen LogP contribution is -2.30. The van der Waals surface area contributed by atoms with E-state index in [9.17, 15) is 9.59 Å². The second-order valence-electron chi connectivity index (χ2n) is 7.91. The van der Waals surface area contributed by atoms with Gasteiger partial charge in [0.05, 0.1) is 24.9 Å². The Labute approximate surface area is 207 Å². The van der Waals surface area contributed by atoms with Gasteiger partial charge in [-0.3, -0.25) is 0 Å². The van der Waals surface area contributed by atoms with Gasteiger partial charge in [-0.2, -0.15) is 0 Å². The highest BCUT2D eigenvalue weighted by molar-refractivity contribution is 8.13. The molecule has 35 heavy (non-hydrogen) atoms. The van der Waals surface area contributed by atoms with Crippen molar-refractivity contribution in [3.8, 4) is 5.75 Å². The van der Waals surface area contributed by atoms with E-state index in [4.69, 9.17) is 19.6 Å². The van der Waals surface area contributed by atoms with Crippen molar-refractivity contribution in [2.75, 3.05) is 13.7 Å². The highest BCUT2D eigenvalue weighted by Gasteiger charge is 2.33. The summed E-state index contributed by atoms with van der Waals surface area (Å²) in [5, 5.41) is 15.0. The van der Waals surface area contributed by atoms with E-state index in [0.29, 0.717) is 27.9 Å². The number of amidine groups is 1. The second-order valence-corrected chi connectivity index (χ2v) is 8.88. The third-order valence-electron chi connectivity index (χ3n) is 5.71. The molecule has 0 unspecified atom stereocenters. The van der Waals surface area contributed by atoms with Crippen LogP contribution in [-0.2, 0) is 15.3 Å². The van der Waals surface area contributed by atoms with Crippen LogP contribution in [0.1, 0.15) is 41.4 Å². The molecule has 2 N–H and O–H groups in total. The number of methoxy groups -OCH3 is 1. The molecule has 0 aliphatic carbocycles. The first-order chi connectivity index (χ1) is 16.9. The number of carboxylic acid groups (broad SMARTS) is 1. The first-order valence-electron chi connectivity index (χ1n) is 11.2. The minimum absolute atomic E-state index is 0.243. The fourth-order valence-electron chi connectivity index (χ4n) is 4.03. The summed E-state index contributed by atoms with van der Waals surface area (Å²) in [5.74, 6) is -0.161. The average Bonchev–Trinajstić information content (AvgIpc) is 2.86. The van der Waals surface area contributed by atoms with Crippen LogP contribution in [0.4, 0.5) is 0 Å². The molecule has 7 nitrogen and oxygen atoms in total. The first kappa shape index (κ1) is 24.3. The van der Waals surface area contributed by atoms with Crippen molar-refractivity contribution < 1.29 is 24.2 Å². The highest BCUT2D eigenvalue weighted by atomic mass is 32.2. The molecule has 4 rings (SSSR count). The van der Waals surface area contributed by atoms with Gasteiger partial charge in [0.1, 0.15) is 11.8 Å². The number of ether oxygens (including phenoxy) is 2. The van der Waals surface area contributed by atoms with Crippen LogP contribution in [0.25, 0.3) is 10.8 Å². The summed E-state index contributed by atoms with van der Waals surface area (Å²) >= 11 is 1.48. The summed E-state index contributed by atoms with van der Waals surface area (Å²) in [6.45, 7) is 3.87. The molecule has 1 atom stereocenters. The van der Waals surface area contributed by atoms with Crippen molar-refractivity contribution in [1.29, 1.82) is 0 Å². The van der Waals surface area contributed by atoms with E-state index >= 15 is 0 Å². The monoisotopic (exact) mass is 490 g/mol. The van der Waals surface area contributed by atoms with Crippen LogP contribution in [0.5, 0.6) is 5.75 Å². The maximum Gasteiger partial charge on any atom is 0.338 e. The van der Waals surface area contributed by atoms with E-state index in [0.717, 1.165) is 21.9 Å². The molecule has 0 bridgehead atoms. The van der Waals surface area contributed by atoms with Gasteiger partial charge >= 0.3 is 11.9 Å². The largest absolute Gasteiger partial charge is 0.496 e. The van der Waals surface area contributed by atoms with Crippen molar-refractivity contribution >= 4 is 39.6 Å². The minimum Gasteiger partial charge on any atom is -0.496 e. The number of allylic oxidation sites excluding steroid dienone is 1. The minimum atomic E-state index is -0.957. The van der Waals surface area contributed by atoms with Gasteiger partial charge in [0, 0.05) is 17.0 Å². The zero-order valence-electron chi connectivity index (χ0n) is 19.7. The van der Waals surface area contributed by atoms with Gasteiger partial charge in [0.2, 0.25) is 0 Å². The van der Waals surface area contributed by atoms with Gasteiger partial charge in [-0.15, -0.1) is 0 Å². The van der Waals surface area contributed by atoms with Crippen LogP contribution in [0.3, 0.4) is 0 Å². The molecular formula is C27H26N2O5S. The number of fused-ring (bicyclic) bond motifs is 1. The third-order valence-corrected chi connectivity index (χ3v) is 6.67. The molecular weight excluding hydrogens is 464 g/mol. The molecule has 3 aromatic rings. The summed E-state index contributed by atoms with van der Waals surface area (Å²) in [7, 11) is 1.61. The van der Waals surface area contributed by atoms with Gasteiger partial charge in [0.15, 0.2) is 5.17 Å². The number of aliphatic imine (C=N–C) groups is 1. The highest BCUT2D eigenvalue weighted by Crippen LogP contribution is 2.41. The number of nitrogens with one attached hydrogen (secondary N) is 1. The number of rotatable bonds is 7. The molecule has 8 heteroatoms. The van der Waals surface area contributed by atoms with Gasteiger partial charge in [0.25, 0.3) is 0 Å². The Balaban J connectivity index is 1.74. The summed E-state index contributed by atoms with van der Waals surface area (Å²) in [6, 6.07) is 17.9. The SMILES string of the molecule is CCOC(=O)C1=C(C)NC(SCc2ccc(C(=O)O)cc2)=N[C@H]1c1c(OC)ccc2ccccc12. The molecule has 1 aliphatic heterocycles. The normalized spacial score (nSPS) is 15.4. The van der Waals surface area contributed by atoms with Crippen molar-refractivity contribution in [2.24, 2.45) is 4.99 Å². The molecule has 1 heterocycles. The van der Waals surface area contributed by atoms with E-state index in [1.807, 2.05) is 43.3 Å². The molecule has 0 fully saturated rings. The van der Waals surface area contributed by atoms with Crippen LogP contribution >= 0.6 is 11.8 Å².